The second-order valence-electron chi connectivity index (χ2n) is 6.87. The van der Waals surface area contributed by atoms with Gasteiger partial charge in [0.2, 0.25) is 5.13 Å². The highest BCUT2D eigenvalue weighted by Crippen LogP contribution is 2.46. The van der Waals surface area contributed by atoms with Crippen LogP contribution in [0, 0.1) is 15.8 Å². The van der Waals surface area contributed by atoms with Crippen molar-refractivity contribution in [2.75, 3.05) is 12.4 Å². The van der Waals surface area contributed by atoms with Crippen molar-refractivity contribution in [2.45, 2.75) is 38.4 Å². The third kappa shape index (κ3) is 3.90. The predicted molar refractivity (Wildman–Crippen MR) is 105 cm³/mol. The third-order valence-corrected chi connectivity index (χ3v) is 6.47. The Morgan fingerprint density at radius 2 is 2.08 bits per heavy atom. The van der Waals surface area contributed by atoms with Crippen molar-refractivity contribution < 1.29 is 0 Å². The van der Waals surface area contributed by atoms with Gasteiger partial charge in [-0.15, -0.1) is 5.10 Å². The fourth-order valence-corrected chi connectivity index (χ4v) is 4.83. The van der Waals surface area contributed by atoms with Gasteiger partial charge in [0.05, 0.1) is 6.67 Å². The van der Waals surface area contributed by atoms with Gasteiger partial charge in [0.15, 0.2) is 3.95 Å². The van der Waals surface area contributed by atoms with Crippen LogP contribution in [0.15, 0.2) is 28.7 Å². The van der Waals surface area contributed by atoms with Crippen molar-refractivity contribution in [3.63, 3.8) is 0 Å². The fraction of sp³-hybridized carbons (Fsp3) is 0.529. The lowest BCUT2D eigenvalue weighted by Gasteiger charge is -2.27. The molecule has 2 saturated carbocycles. The largest absolute Gasteiger partial charge is 0.330 e. The van der Waals surface area contributed by atoms with E-state index in [-0.39, 0.29) is 0 Å². The van der Waals surface area contributed by atoms with E-state index in [2.05, 4.69) is 38.3 Å². The van der Waals surface area contributed by atoms with E-state index in [0.29, 0.717) is 0 Å². The minimum Gasteiger partial charge on any atom is -0.330 e. The molecule has 0 unspecified atom stereocenters. The van der Waals surface area contributed by atoms with E-state index in [9.17, 15) is 0 Å². The van der Waals surface area contributed by atoms with E-state index in [1.165, 1.54) is 37.0 Å². The van der Waals surface area contributed by atoms with Gasteiger partial charge in [0, 0.05) is 16.2 Å². The maximum absolute atomic E-state index is 5.53. The molecule has 2 aliphatic rings. The summed E-state index contributed by atoms with van der Waals surface area (Å²) in [6.45, 7) is 0.785. The van der Waals surface area contributed by atoms with Gasteiger partial charge in [-0.25, -0.2) is 4.68 Å². The van der Waals surface area contributed by atoms with Crippen LogP contribution in [0.4, 0.5) is 10.8 Å². The first kappa shape index (κ1) is 16.7. The van der Waals surface area contributed by atoms with Crippen molar-refractivity contribution in [1.82, 2.24) is 14.7 Å². The highest BCUT2D eigenvalue weighted by molar-refractivity contribution is 9.10. The molecule has 4 nitrogen and oxygen atoms in total. The van der Waals surface area contributed by atoms with Crippen LogP contribution >= 0.6 is 39.5 Å². The Morgan fingerprint density at radius 3 is 2.71 bits per heavy atom. The second kappa shape index (κ2) is 6.86. The molecule has 0 spiro atoms. The lowest BCUT2D eigenvalue weighted by Crippen LogP contribution is -2.37. The molecule has 0 bridgehead atoms. The van der Waals surface area contributed by atoms with Gasteiger partial charge in [-0.1, -0.05) is 33.3 Å². The van der Waals surface area contributed by atoms with Gasteiger partial charge in [-0.05, 0) is 75.0 Å². The molecule has 1 aromatic carbocycles. The second-order valence-corrected chi connectivity index (χ2v) is 9.41. The average Bonchev–Trinajstić information content (AvgIpc) is 3.42. The summed E-state index contributed by atoms with van der Waals surface area (Å²) in [4.78, 5) is 2.47. The lowest BCUT2D eigenvalue weighted by atomic mass is 10.1. The highest BCUT2D eigenvalue weighted by atomic mass is 79.9. The van der Waals surface area contributed by atoms with E-state index < -0.39 is 0 Å². The van der Waals surface area contributed by atoms with Crippen molar-refractivity contribution >= 4 is 50.3 Å². The van der Waals surface area contributed by atoms with Crippen molar-refractivity contribution in [1.29, 1.82) is 0 Å². The molecule has 0 atom stereocenters. The quantitative estimate of drug-likeness (QED) is 0.614. The molecular formula is C17H21BrN4S2. The maximum atomic E-state index is 5.53. The van der Waals surface area contributed by atoms with Crippen molar-refractivity contribution in [3.05, 3.63) is 32.7 Å². The summed E-state index contributed by atoms with van der Waals surface area (Å²) in [6, 6.07) is 8.80. The topological polar surface area (TPSA) is 33.1 Å². The molecule has 0 amide bonds. The average molecular weight is 425 g/mol. The van der Waals surface area contributed by atoms with Gasteiger partial charge in [0.25, 0.3) is 0 Å². The summed E-state index contributed by atoms with van der Waals surface area (Å²) in [7, 11) is 2.23. The Hall–Kier alpha value is -0.760. The Bertz CT molecular complexity index is 767. The zero-order chi connectivity index (χ0) is 16.7. The van der Waals surface area contributed by atoms with Gasteiger partial charge in [-0.2, -0.15) is 0 Å². The number of hydrogen-bond acceptors (Lipinski definition) is 5. The summed E-state index contributed by atoms with van der Waals surface area (Å²) in [6.07, 6.45) is 5.57. The maximum Gasteiger partial charge on any atom is 0.209 e. The smallest absolute Gasteiger partial charge is 0.209 e. The number of aromatic nitrogens is 2. The highest BCUT2D eigenvalue weighted by Gasteiger charge is 2.43. The van der Waals surface area contributed by atoms with E-state index >= 15 is 0 Å². The fourth-order valence-electron chi connectivity index (χ4n) is 3.42. The molecule has 1 heterocycles. The monoisotopic (exact) mass is 424 g/mol. The van der Waals surface area contributed by atoms with Crippen LogP contribution in [0.25, 0.3) is 0 Å². The van der Waals surface area contributed by atoms with Gasteiger partial charge in [0.1, 0.15) is 0 Å². The number of rotatable bonds is 7. The standard InChI is InChI=1S/C17H21BrN4S2/c1-21(15(11-5-6-11)12-7-8-12)10-22-17(23)24-16(20-22)19-14-4-2-3-13(18)9-14/h2-4,9,11-12,15H,5-8,10H2,1H3,(H,19,20). The molecule has 7 heteroatoms. The number of halogens is 1. The van der Waals surface area contributed by atoms with E-state index in [4.69, 9.17) is 12.2 Å². The molecule has 128 valence electrons. The summed E-state index contributed by atoms with van der Waals surface area (Å²) < 4.78 is 3.83. The van der Waals surface area contributed by atoms with Gasteiger partial charge >= 0.3 is 0 Å². The summed E-state index contributed by atoms with van der Waals surface area (Å²) >= 11 is 10.5. The summed E-state index contributed by atoms with van der Waals surface area (Å²) in [5.74, 6) is 1.80. The van der Waals surface area contributed by atoms with Crippen LogP contribution in [0.3, 0.4) is 0 Å². The Labute approximate surface area is 160 Å². The molecule has 1 aromatic heterocycles. The number of hydrogen-bond donors (Lipinski definition) is 1. The molecule has 4 rings (SSSR count). The van der Waals surface area contributed by atoms with E-state index in [0.717, 1.165) is 43.8 Å². The summed E-state index contributed by atoms with van der Waals surface area (Å²) in [5.41, 5.74) is 1.02. The molecular weight excluding hydrogens is 404 g/mol. The molecule has 1 N–H and O–H groups in total. The zero-order valence-electron chi connectivity index (χ0n) is 13.6. The number of nitrogens with zero attached hydrogens (tertiary/aromatic N) is 3. The van der Waals surface area contributed by atoms with E-state index in [1.54, 1.807) is 0 Å². The first-order valence-corrected chi connectivity index (χ1v) is 10.4. The van der Waals surface area contributed by atoms with Crippen LogP contribution < -0.4 is 5.32 Å². The lowest BCUT2D eigenvalue weighted by molar-refractivity contribution is 0.145. The van der Waals surface area contributed by atoms with Crippen molar-refractivity contribution in [2.24, 2.45) is 11.8 Å². The molecule has 0 radical (unpaired) electrons. The van der Waals surface area contributed by atoms with Crippen LogP contribution in [0.5, 0.6) is 0 Å². The molecule has 0 saturated heterocycles. The predicted octanol–water partition coefficient (Wildman–Crippen LogP) is 5.26. The number of benzene rings is 1. The van der Waals surface area contributed by atoms with E-state index in [1.807, 2.05) is 28.9 Å². The normalized spacial score (nSPS) is 17.7. The SMILES string of the molecule is CN(Cn1nc(Nc2cccc(Br)c2)sc1=S)C(C1CC1)C1CC1. The first-order chi connectivity index (χ1) is 11.6. The first-order valence-electron chi connectivity index (χ1n) is 8.41. The summed E-state index contributed by atoms with van der Waals surface area (Å²) in [5, 5.41) is 8.88. The van der Waals surface area contributed by atoms with Crippen LogP contribution in [0.2, 0.25) is 0 Å². The molecule has 24 heavy (non-hydrogen) atoms. The van der Waals surface area contributed by atoms with Crippen LogP contribution in [-0.2, 0) is 6.67 Å². The van der Waals surface area contributed by atoms with Gasteiger partial charge in [-0.3, -0.25) is 4.90 Å². The Kier molecular flexibility index (Phi) is 4.77. The number of nitrogens with one attached hydrogen (secondary N) is 1. The molecule has 2 aromatic rings. The third-order valence-electron chi connectivity index (χ3n) is 4.76. The molecule has 2 fully saturated rings. The Balaban J connectivity index is 1.46. The van der Waals surface area contributed by atoms with Crippen LogP contribution in [0.1, 0.15) is 25.7 Å². The minimum absolute atomic E-state index is 0.718. The molecule has 0 aliphatic heterocycles. The zero-order valence-corrected chi connectivity index (χ0v) is 16.8. The Morgan fingerprint density at radius 1 is 1.38 bits per heavy atom. The number of anilines is 2. The van der Waals surface area contributed by atoms with Gasteiger partial charge < -0.3 is 5.32 Å². The van der Waals surface area contributed by atoms with Crippen molar-refractivity contribution in [3.8, 4) is 0 Å². The molecule has 2 aliphatic carbocycles. The minimum atomic E-state index is 0.718. The van der Waals surface area contributed by atoms with Crippen LogP contribution in [-0.4, -0.2) is 27.8 Å².